The number of hydrogen-bond acceptors (Lipinski definition) is 4. The van der Waals surface area contributed by atoms with Crippen molar-refractivity contribution in [1.82, 2.24) is 14.9 Å². The lowest BCUT2D eigenvalue weighted by molar-refractivity contribution is 0.266. The summed E-state index contributed by atoms with van der Waals surface area (Å²) in [6.07, 6.45) is 7.51. The lowest BCUT2D eigenvalue weighted by Gasteiger charge is -2.41. The van der Waals surface area contributed by atoms with E-state index in [0.717, 1.165) is 59.0 Å². The molecule has 0 saturated carbocycles. The number of hydrogen-bond donors (Lipinski definition) is 0. The first kappa shape index (κ1) is 27.2. The Kier molecular flexibility index (Phi) is 7.30. The normalized spacial score (nSPS) is 20.8. The minimum Gasteiger partial charge on any atom is -0.481 e. The molecule has 0 spiro atoms. The number of methoxy groups -OCH3 is 1. The number of halogens is 1. The molecule has 1 aliphatic heterocycles. The summed E-state index contributed by atoms with van der Waals surface area (Å²) in [5.41, 5.74) is 9.69. The number of benzene rings is 2. The predicted octanol–water partition coefficient (Wildman–Crippen LogP) is 8.09. The van der Waals surface area contributed by atoms with E-state index in [0.29, 0.717) is 11.8 Å². The Morgan fingerprint density at radius 1 is 1.10 bits per heavy atom. The van der Waals surface area contributed by atoms with Gasteiger partial charge in [0.05, 0.1) is 18.3 Å². The average Bonchev–Trinajstić information content (AvgIpc) is 3.40. The fraction of sp³-hybridized carbons (Fsp3) is 0.371. The monoisotopic (exact) mass is 595 g/mol. The van der Waals surface area contributed by atoms with Gasteiger partial charge in [0.15, 0.2) is 0 Å². The summed E-state index contributed by atoms with van der Waals surface area (Å²) in [4.78, 5) is 12.6. The lowest BCUT2D eigenvalue weighted by Crippen LogP contribution is -2.36. The van der Waals surface area contributed by atoms with Crippen LogP contribution in [0.4, 0.5) is 0 Å². The van der Waals surface area contributed by atoms with Crippen LogP contribution < -0.4 is 4.74 Å². The van der Waals surface area contributed by atoms with E-state index in [4.69, 9.17) is 14.7 Å². The van der Waals surface area contributed by atoms with E-state index >= 15 is 0 Å². The highest BCUT2D eigenvalue weighted by atomic mass is 79.9. The van der Waals surface area contributed by atoms with Crippen LogP contribution in [0, 0.1) is 5.92 Å². The fourth-order valence-electron chi connectivity index (χ4n) is 6.89. The average molecular weight is 597 g/mol. The van der Waals surface area contributed by atoms with Crippen molar-refractivity contribution < 1.29 is 4.74 Å². The van der Waals surface area contributed by atoms with Crippen LogP contribution in [0.3, 0.4) is 0 Å². The van der Waals surface area contributed by atoms with Crippen LogP contribution in [0.1, 0.15) is 72.3 Å². The van der Waals surface area contributed by atoms with Gasteiger partial charge in [-0.15, -0.1) is 0 Å². The molecule has 0 radical (unpaired) electrons. The first-order valence-corrected chi connectivity index (χ1v) is 15.2. The molecule has 40 heavy (non-hydrogen) atoms. The van der Waals surface area contributed by atoms with Crippen molar-refractivity contribution in [2.24, 2.45) is 5.92 Å². The second-order valence-electron chi connectivity index (χ2n) is 12.2. The molecule has 4 nitrogen and oxygen atoms in total. The standard InChI is InChI=1S/C35H38BrN3O/c1-22(2)16-27-18-25-19-28(37-27)21-39(4)15-14-35(3,31-11-7-9-23-8-6-10-29(23)31)33(25)30-20-24-17-26(36)12-13-32(24)38-34(30)40-5/h6-9,11-13,17-20,22,33H,10,14-16,21H2,1-5H3. The summed E-state index contributed by atoms with van der Waals surface area (Å²) < 4.78 is 7.14. The molecule has 206 valence electrons. The third-order valence-electron chi connectivity index (χ3n) is 8.71. The van der Waals surface area contributed by atoms with Crippen molar-refractivity contribution in [1.29, 1.82) is 0 Å². The van der Waals surface area contributed by atoms with Gasteiger partial charge in [0.25, 0.3) is 0 Å². The van der Waals surface area contributed by atoms with E-state index in [-0.39, 0.29) is 11.3 Å². The second-order valence-corrected chi connectivity index (χ2v) is 13.1. The Morgan fingerprint density at radius 3 is 2.75 bits per heavy atom. The molecule has 2 atom stereocenters. The van der Waals surface area contributed by atoms with Gasteiger partial charge in [-0.3, -0.25) is 4.98 Å². The highest BCUT2D eigenvalue weighted by Crippen LogP contribution is 2.51. The van der Waals surface area contributed by atoms with Gasteiger partial charge < -0.3 is 9.64 Å². The largest absolute Gasteiger partial charge is 0.481 e. The molecule has 0 amide bonds. The molecule has 0 N–H and O–H groups in total. The smallest absolute Gasteiger partial charge is 0.217 e. The molecule has 2 aromatic heterocycles. The van der Waals surface area contributed by atoms with E-state index in [2.05, 4.69) is 109 Å². The molecule has 0 saturated heterocycles. The molecule has 2 aliphatic rings. The predicted molar refractivity (Wildman–Crippen MR) is 168 cm³/mol. The van der Waals surface area contributed by atoms with Gasteiger partial charge in [-0.2, -0.15) is 0 Å². The van der Waals surface area contributed by atoms with E-state index in [9.17, 15) is 0 Å². The van der Waals surface area contributed by atoms with Gasteiger partial charge in [-0.05, 0) is 97.4 Å². The summed E-state index contributed by atoms with van der Waals surface area (Å²) in [6.45, 7) is 8.83. The van der Waals surface area contributed by atoms with Crippen molar-refractivity contribution in [3.8, 4) is 5.88 Å². The summed E-state index contributed by atoms with van der Waals surface area (Å²) >= 11 is 3.69. The molecule has 2 aromatic carbocycles. The summed E-state index contributed by atoms with van der Waals surface area (Å²) in [7, 11) is 3.98. The zero-order valence-electron chi connectivity index (χ0n) is 24.2. The highest BCUT2D eigenvalue weighted by molar-refractivity contribution is 9.10. The quantitative estimate of drug-likeness (QED) is 0.233. The SMILES string of the molecule is COc1nc2ccc(Br)cc2cc1C1c2cc(CC(C)C)nc(c2)CN(C)CCC1(C)c1cccc2c1CC=C2. The maximum absolute atomic E-state index is 6.09. The third kappa shape index (κ3) is 4.99. The van der Waals surface area contributed by atoms with Crippen LogP contribution in [-0.4, -0.2) is 35.6 Å². The van der Waals surface area contributed by atoms with Crippen LogP contribution >= 0.6 is 15.9 Å². The lowest BCUT2D eigenvalue weighted by atomic mass is 9.63. The van der Waals surface area contributed by atoms with Crippen molar-refractivity contribution in [3.05, 3.63) is 104 Å². The van der Waals surface area contributed by atoms with Crippen LogP contribution in [0.2, 0.25) is 0 Å². The molecular weight excluding hydrogens is 558 g/mol. The Hall–Kier alpha value is -3.02. The fourth-order valence-corrected chi connectivity index (χ4v) is 7.27. The number of rotatable bonds is 5. The molecule has 2 bridgehead atoms. The molecule has 0 fully saturated rings. The summed E-state index contributed by atoms with van der Waals surface area (Å²) in [6, 6.07) is 20.2. The molecule has 6 rings (SSSR count). The van der Waals surface area contributed by atoms with Crippen molar-refractivity contribution in [2.45, 2.75) is 57.9 Å². The third-order valence-corrected chi connectivity index (χ3v) is 9.20. The van der Waals surface area contributed by atoms with E-state index in [1.54, 1.807) is 7.11 Å². The van der Waals surface area contributed by atoms with E-state index in [1.165, 1.54) is 27.9 Å². The van der Waals surface area contributed by atoms with Crippen LogP contribution in [0.15, 0.2) is 65.1 Å². The van der Waals surface area contributed by atoms with Crippen molar-refractivity contribution in [3.63, 3.8) is 0 Å². The summed E-state index contributed by atoms with van der Waals surface area (Å²) in [5, 5.41) is 1.11. The Morgan fingerprint density at radius 2 is 1.95 bits per heavy atom. The number of allylic oxidation sites excluding steroid dienone is 1. The zero-order valence-corrected chi connectivity index (χ0v) is 25.8. The molecule has 3 heterocycles. The number of nitrogens with zero attached hydrogens (tertiary/aromatic N) is 3. The molecule has 4 aromatic rings. The summed E-state index contributed by atoms with van der Waals surface area (Å²) in [5.74, 6) is 1.26. The Bertz CT molecular complexity index is 1610. The van der Waals surface area contributed by atoms with Crippen molar-refractivity contribution >= 4 is 32.9 Å². The first-order chi connectivity index (χ1) is 19.2. The number of ether oxygens (including phenoxy) is 1. The zero-order chi connectivity index (χ0) is 28.0. The topological polar surface area (TPSA) is 38.3 Å². The van der Waals surface area contributed by atoms with Crippen LogP contribution in [0.25, 0.3) is 17.0 Å². The van der Waals surface area contributed by atoms with Gasteiger partial charge in [0.1, 0.15) is 0 Å². The molecule has 1 aliphatic carbocycles. The van der Waals surface area contributed by atoms with Crippen LogP contribution in [-0.2, 0) is 24.8 Å². The second kappa shape index (κ2) is 10.8. The minimum absolute atomic E-state index is 0.0320. The van der Waals surface area contributed by atoms with Gasteiger partial charge in [-0.1, -0.05) is 67.1 Å². The van der Waals surface area contributed by atoms with E-state index < -0.39 is 0 Å². The van der Waals surface area contributed by atoms with Gasteiger partial charge in [0, 0.05) is 39.0 Å². The van der Waals surface area contributed by atoms with Crippen LogP contribution in [0.5, 0.6) is 5.88 Å². The minimum atomic E-state index is -0.210. The molecular formula is C35H38BrN3O. The molecule has 5 heteroatoms. The maximum atomic E-state index is 6.09. The van der Waals surface area contributed by atoms with Gasteiger partial charge >= 0.3 is 0 Å². The van der Waals surface area contributed by atoms with Gasteiger partial charge in [0.2, 0.25) is 5.88 Å². The maximum Gasteiger partial charge on any atom is 0.217 e. The highest BCUT2D eigenvalue weighted by Gasteiger charge is 2.42. The van der Waals surface area contributed by atoms with Gasteiger partial charge in [-0.25, -0.2) is 4.98 Å². The number of aromatic nitrogens is 2. The molecule has 2 unspecified atom stereocenters. The van der Waals surface area contributed by atoms with E-state index in [1.807, 2.05) is 6.07 Å². The van der Waals surface area contributed by atoms with Crippen molar-refractivity contribution in [2.75, 3.05) is 20.7 Å². The Balaban J connectivity index is 1.67. The first-order valence-electron chi connectivity index (χ1n) is 14.4. The number of pyridine rings is 2. The number of fused-ring (bicyclic) bond motifs is 4. The Labute approximate surface area is 246 Å².